The topological polar surface area (TPSA) is 71.1 Å². The van der Waals surface area contributed by atoms with Crippen molar-refractivity contribution in [1.82, 2.24) is 15.6 Å². The van der Waals surface area contributed by atoms with Crippen molar-refractivity contribution < 1.29 is 27.2 Å². The number of aromatic nitrogens is 1. The molecule has 0 bridgehead atoms. The van der Waals surface area contributed by atoms with Crippen molar-refractivity contribution in [2.24, 2.45) is 0 Å². The van der Waals surface area contributed by atoms with Crippen molar-refractivity contribution >= 4 is 11.8 Å². The average Bonchev–Trinajstić information content (AvgIpc) is 3.63. The fourth-order valence-corrected chi connectivity index (χ4v) is 3.44. The van der Waals surface area contributed by atoms with Crippen LogP contribution in [0.5, 0.6) is 0 Å². The van der Waals surface area contributed by atoms with Crippen LogP contribution in [0.25, 0.3) is 11.3 Å². The Hall–Kier alpha value is -3.75. The molecule has 2 N–H and O–H groups in total. The van der Waals surface area contributed by atoms with Crippen LogP contribution in [-0.4, -0.2) is 22.8 Å². The summed E-state index contributed by atoms with van der Waals surface area (Å²) in [5.74, 6) is -1.53. The first kappa shape index (κ1) is 23.4. The van der Waals surface area contributed by atoms with E-state index in [4.69, 9.17) is 0 Å². The summed E-state index contributed by atoms with van der Waals surface area (Å²) in [7, 11) is 0. The SMILES string of the molecule is Cc1c(F)cc(C(=O)NC2CC2)cc1-c1ncccc1C(=O)NCc1ccc(C(F)(F)F)cc1. The molecule has 1 heterocycles. The van der Waals surface area contributed by atoms with E-state index in [-0.39, 0.29) is 35.0 Å². The first-order valence-corrected chi connectivity index (χ1v) is 10.6. The maximum Gasteiger partial charge on any atom is 0.416 e. The Morgan fingerprint density at radius 1 is 1.06 bits per heavy atom. The molecule has 0 aliphatic heterocycles. The van der Waals surface area contributed by atoms with E-state index in [0.717, 1.165) is 31.0 Å². The summed E-state index contributed by atoms with van der Waals surface area (Å²) in [5.41, 5.74) is 0.723. The zero-order chi connectivity index (χ0) is 24.5. The minimum atomic E-state index is -4.44. The third kappa shape index (κ3) is 5.24. The summed E-state index contributed by atoms with van der Waals surface area (Å²) < 4.78 is 52.9. The van der Waals surface area contributed by atoms with E-state index >= 15 is 0 Å². The van der Waals surface area contributed by atoms with Crippen molar-refractivity contribution in [3.63, 3.8) is 0 Å². The summed E-state index contributed by atoms with van der Waals surface area (Å²) in [5, 5.41) is 5.47. The number of alkyl halides is 3. The highest BCUT2D eigenvalue weighted by molar-refractivity contribution is 6.01. The first-order valence-electron chi connectivity index (χ1n) is 10.6. The fourth-order valence-electron chi connectivity index (χ4n) is 3.44. The number of hydrogen-bond donors (Lipinski definition) is 2. The average molecular weight is 471 g/mol. The second kappa shape index (κ2) is 9.24. The van der Waals surface area contributed by atoms with Crippen LogP contribution in [0, 0.1) is 12.7 Å². The zero-order valence-electron chi connectivity index (χ0n) is 18.2. The molecule has 0 radical (unpaired) electrons. The summed E-state index contributed by atoms with van der Waals surface area (Å²) in [4.78, 5) is 29.6. The van der Waals surface area contributed by atoms with Crippen LogP contribution in [0.2, 0.25) is 0 Å². The Morgan fingerprint density at radius 3 is 2.41 bits per heavy atom. The predicted molar refractivity (Wildman–Crippen MR) is 117 cm³/mol. The molecule has 34 heavy (non-hydrogen) atoms. The number of hydrogen-bond acceptors (Lipinski definition) is 3. The molecular weight excluding hydrogens is 450 g/mol. The molecule has 3 aromatic rings. The summed E-state index contributed by atoms with van der Waals surface area (Å²) >= 11 is 0. The van der Waals surface area contributed by atoms with Crippen LogP contribution in [0.3, 0.4) is 0 Å². The predicted octanol–water partition coefficient (Wildman–Crippen LogP) is 5.04. The summed E-state index contributed by atoms with van der Waals surface area (Å²) in [6.07, 6.45) is -1.22. The van der Waals surface area contributed by atoms with Gasteiger partial charge >= 0.3 is 6.18 Å². The van der Waals surface area contributed by atoms with Gasteiger partial charge in [-0.1, -0.05) is 12.1 Å². The second-order valence-corrected chi connectivity index (χ2v) is 8.16. The van der Waals surface area contributed by atoms with Gasteiger partial charge in [-0.15, -0.1) is 0 Å². The highest BCUT2D eigenvalue weighted by Gasteiger charge is 2.30. The van der Waals surface area contributed by atoms with Crippen molar-refractivity contribution in [2.75, 3.05) is 0 Å². The quantitative estimate of drug-likeness (QED) is 0.495. The molecule has 0 atom stereocenters. The van der Waals surface area contributed by atoms with E-state index in [2.05, 4.69) is 15.6 Å². The second-order valence-electron chi connectivity index (χ2n) is 8.16. The standard InChI is InChI=1S/C25H21F4N3O2/c1-14-20(11-16(12-21(14)26)23(33)32-18-8-9-18)22-19(3-2-10-30-22)24(34)31-13-15-4-6-17(7-5-15)25(27,28)29/h2-7,10-12,18H,8-9,13H2,1H3,(H,31,34)(H,32,33). The number of pyridine rings is 1. The Kier molecular flexibility index (Phi) is 6.37. The molecule has 1 saturated carbocycles. The third-order valence-corrected chi connectivity index (χ3v) is 5.56. The molecule has 4 rings (SSSR count). The van der Waals surface area contributed by atoms with Gasteiger partial charge in [0.05, 0.1) is 16.8 Å². The van der Waals surface area contributed by atoms with Crippen LogP contribution in [0.4, 0.5) is 17.6 Å². The molecule has 0 saturated heterocycles. The van der Waals surface area contributed by atoms with E-state index < -0.39 is 29.4 Å². The van der Waals surface area contributed by atoms with Gasteiger partial charge in [-0.05, 0) is 67.3 Å². The van der Waals surface area contributed by atoms with Crippen LogP contribution < -0.4 is 10.6 Å². The highest BCUT2D eigenvalue weighted by atomic mass is 19.4. The van der Waals surface area contributed by atoms with Crippen molar-refractivity contribution in [3.8, 4) is 11.3 Å². The van der Waals surface area contributed by atoms with Crippen molar-refractivity contribution in [3.05, 3.63) is 88.4 Å². The van der Waals surface area contributed by atoms with Gasteiger partial charge in [0.25, 0.3) is 11.8 Å². The van der Waals surface area contributed by atoms with Gasteiger partial charge in [0.1, 0.15) is 5.82 Å². The molecule has 1 aliphatic carbocycles. The molecule has 1 aromatic heterocycles. The number of nitrogens with one attached hydrogen (secondary N) is 2. The largest absolute Gasteiger partial charge is 0.416 e. The van der Waals surface area contributed by atoms with E-state index in [0.29, 0.717) is 11.1 Å². The number of nitrogens with zero attached hydrogens (tertiary/aromatic N) is 1. The Morgan fingerprint density at radius 2 is 1.76 bits per heavy atom. The molecule has 2 aromatic carbocycles. The summed E-state index contributed by atoms with van der Waals surface area (Å²) in [6, 6.07) is 10.3. The molecule has 0 unspecified atom stereocenters. The minimum absolute atomic E-state index is 0.0114. The number of carbonyl (C=O) groups excluding carboxylic acids is 2. The Labute approximate surface area is 193 Å². The van der Waals surface area contributed by atoms with Crippen molar-refractivity contribution in [1.29, 1.82) is 0 Å². The van der Waals surface area contributed by atoms with Crippen molar-refractivity contribution in [2.45, 2.75) is 38.5 Å². The van der Waals surface area contributed by atoms with Crippen LogP contribution in [0.1, 0.15) is 50.2 Å². The smallest absolute Gasteiger partial charge is 0.349 e. The number of amides is 2. The Balaban J connectivity index is 1.57. The molecular formula is C25H21F4N3O2. The lowest BCUT2D eigenvalue weighted by Gasteiger charge is -2.14. The zero-order valence-corrected chi connectivity index (χ0v) is 18.2. The van der Waals surface area contributed by atoms with Gasteiger partial charge in [0, 0.05) is 29.9 Å². The number of benzene rings is 2. The van der Waals surface area contributed by atoms with E-state index in [9.17, 15) is 27.2 Å². The number of rotatable bonds is 6. The van der Waals surface area contributed by atoms with Crippen LogP contribution in [0.15, 0.2) is 54.7 Å². The molecule has 1 aliphatic rings. The number of carbonyl (C=O) groups is 2. The highest BCUT2D eigenvalue weighted by Crippen LogP contribution is 2.30. The van der Waals surface area contributed by atoms with E-state index in [1.165, 1.54) is 37.4 Å². The molecule has 2 amide bonds. The molecule has 5 nitrogen and oxygen atoms in total. The van der Waals surface area contributed by atoms with Gasteiger partial charge in [-0.25, -0.2) is 4.39 Å². The van der Waals surface area contributed by atoms with Crippen LogP contribution in [-0.2, 0) is 12.7 Å². The lowest BCUT2D eigenvalue weighted by molar-refractivity contribution is -0.137. The van der Waals surface area contributed by atoms with Gasteiger partial charge in [-0.3, -0.25) is 14.6 Å². The van der Waals surface area contributed by atoms with Gasteiger partial charge in [-0.2, -0.15) is 13.2 Å². The maximum absolute atomic E-state index is 14.7. The molecule has 9 heteroatoms. The molecule has 1 fully saturated rings. The lowest BCUT2D eigenvalue weighted by Crippen LogP contribution is -2.26. The van der Waals surface area contributed by atoms with Gasteiger partial charge in [0.15, 0.2) is 0 Å². The monoisotopic (exact) mass is 471 g/mol. The van der Waals surface area contributed by atoms with Crippen LogP contribution >= 0.6 is 0 Å². The summed E-state index contributed by atoms with van der Waals surface area (Å²) in [6.45, 7) is 1.52. The molecule has 176 valence electrons. The van der Waals surface area contributed by atoms with E-state index in [1.807, 2.05) is 0 Å². The Bertz CT molecular complexity index is 1240. The fraction of sp³-hybridized carbons (Fsp3) is 0.240. The first-order chi connectivity index (χ1) is 16.1. The van der Waals surface area contributed by atoms with E-state index in [1.54, 1.807) is 6.07 Å². The third-order valence-electron chi connectivity index (χ3n) is 5.56. The minimum Gasteiger partial charge on any atom is -0.349 e. The maximum atomic E-state index is 14.7. The van der Waals surface area contributed by atoms with Gasteiger partial charge < -0.3 is 10.6 Å². The normalized spacial score (nSPS) is 13.4. The van der Waals surface area contributed by atoms with Gasteiger partial charge in [0.2, 0.25) is 0 Å². The lowest BCUT2D eigenvalue weighted by atomic mass is 9.97. The molecule has 0 spiro atoms. The number of halogens is 4.